The Balaban J connectivity index is 2.52. The standard InChI is InChI=1S/C7H14N4O/c1-6(8)7-5-11(10-9-7)3-2-4-12/h5-6,12H,2-4,8H2,1H3. The van der Waals surface area contributed by atoms with E-state index in [-0.39, 0.29) is 12.6 Å². The molecule has 5 nitrogen and oxygen atoms in total. The zero-order valence-corrected chi connectivity index (χ0v) is 7.14. The van der Waals surface area contributed by atoms with Crippen LogP contribution in [0.5, 0.6) is 0 Å². The van der Waals surface area contributed by atoms with Gasteiger partial charge in [-0.3, -0.25) is 4.68 Å². The Morgan fingerprint density at radius 3 is 3.00 bits per heavy atom. The van der Waals surface area contributed by atoms with Crippen LogP contribution in [-0.2, 0) is 6.54 Å². The van der Waals surface area contributed by atoms with E-state index in [2.05, 4.69) is 10.3 Å². The molecule has 1 atom stereocenters. The normalized spacial score (nSPS) is 13.2. The van der Waals surface area contributed by atoms with Crippen molar-refractivity contribution in [1.29, 1.82) is 0 Å². The van der Waals surface area contributed by atoms with E-state index in [0.717, 1.165) is 5.69 Å². The summed E-state index contributed by atoms with van der Waals surface area (Å²) in [7, 11) is 0. The van der Waals surface area contributed by atoms with E-state index in [4.69, 9.17) is 10.8 Å². The van der Waals surface area contributed by atoms with Crippen molar-refractivity contribution in [3.05, 3.63) is 11.9 Å². The molecular formula is C7H14N4O. The molecule has 0 saturated heterocycles. The van der Waals surface area contributed by atoms with Gasteiger partial charge in [0, 0.05) is 19.2 Å². The van der Waals surface area contributed by atoms with E-state index in [9.17, 15) is 0 Å². The van der Waals surface area contributed by atoms with Crippen molar-refractivity contribution in [3.8, 4) is 0 Å². The van der Waals surface area contributed by atoms with Gasteiger partial charge in [0.05, 0.1) is 11.9 Å². The number of rotatable bonds is 4. The molecule has 0 bridgehead atoms. The lowest BCUT2D eigenvalue weighted by Gasteiger charge is -1.97. The number of hydrogen-bond acceptors (Lipinski definition) is 4. The second-order valence-electron chi connectivity index (χ2n) is 2.77. The monoisotopic (exact) mass is 170 g/mol. The quantitative estimate of drug-likeness (QED) is 0.649. The third kappa shape index (κ3) is 2.28. The summed E-state index contributed by atoms with van der Waals surface area (Å²) >= 11 is 0. The fraction of sp³-hybridized carbons (Fsp3) is 0.714. The molecule has 0 amide bonds. The zero-order chi connectivity index (χ0) is 8.97. The molecule has 0 aliphatic rings. The predicted octanol–water partition coefficient (Wildman–Crippen LogP) is -0.320. The first kappa shape index (κ1) is 9.15. The third-order valence-electron chi connectivity index (χ3n) is 1.57. The Morgan fingerprint density at radius 1 is 1.75 bits per heavy atom. The fourth-order valence-corrected chi connectivity index (χ4v) is 0.864. The number of nitrogens with two attached hydrogens (primary N) is 1. The lowest BCUT2D eigenvalue weighted by Crippen LogP contribution is -2.05. The van der Waals surface area contributed by atoms with Gasteiger partial charge in [0.1, 0.15) is 0 Å². The van der Waals surface area contributed by atoms with Crippen molar-refractivity contribution in [2.24, 2.45) is 5.73 Å². The van der Waals surface area contributed by atoms with Crippen LogP contribution in [0.15, 0.2) is 6.20 Å². The maximum Gasteiger partial charge on any atom is 0.0991 e. The minimum absolute atomic E-state index is 0.0760. The molecule has 1 unspecified atom stereocenters. The Hall–Kier alpha value is -0.940. The maximum atomic E-state index is 8.56. The van der Waals surface area contributed by atoms with Gasteiger partial charge >= 0.3 is 0 Å². The van der Waals surface area contributed by atoms with E-state index in [1.807, 2.05) is 6.92 Å². The molecule has 0 aliphatic carbocycles. The van der Waals surface area contributed by atoms with Crippen LogP contribution in [-0.4, -0.2) is 26.7 Å². The second-order valence-corrected chi connectivity index (χ2v) is 2.77. The maximum absolute atomic E-state index is 8.56. The molecule has 0 radical (unpaired) electrons. The van der Waals surface area contributed by atoms with Crippen molar-refractivity contribution in [3.63, 3.8) is 0 Å². The van der Waals surface area contributed by atoms with E-state index in [0.29, 0.717) is 13.0 Å². The molecule has 3 N–H and O–H groups in total. The highest BCUT2D eigenvalue weighted by molar-refractivity contribution is 4.97. The van der Waals surface area contributed by atoms with Crippen LogP contribution in [0.4, 0.5) is 0 Å². The minimum Gasteiger partial charge on any atom is -0.396 e. The molecule has 1 aromatic rings. The summed E-state index contributed by atoms with van der Waals surface area (Å²) in [5, 5.41) is 16.3. The lowest BCUT2D eigenvalue weighted by atomic mass is 10.3. The molecule has 0 spiro atoms. The Morgan fingerprint density at radius 2 is 2.50 bits per heavy atom. The van der Waals surface area contributed by atoms with Crippen LogP contribution in [0.25, 0.3) is 0 Å². The predicted molar refractivity (Wildman–Crippen MR) is 44.3 cm³/mol. The van der Waals surface area contributed by atoms with Gasteiger partial charge < -0.3 is 10.8 Å². The number of aromatic nitrogens is 3. The highest BCUT2D eigenvalue weighted by atomic mass is 16.3. The smallest absolute Gasteiger partial charge is 0.0991 e. The molecule has 5 heteroatoms. The summed E-state index contributed by atoms with van der Waals surface area (Å²) in [5.74, 6) is 0. The van der Waals surface area contributed by atoms with Crippen molar-refractivity contribution in [2.75, 3.05) is 6.61 Å². The molecular weight excluding hydrogens is 156 g/mol. The first-order chi connectivity index (χ1) is 5.74. The zero-order valence-electron chi connectivity index (χ0n) is 7.14. The van der Waals surface area contributed by atoms with Crippen molar-refractivity contribution in [1.82, 2.24) is 15.0 Å². The highest BCUT2D eigenvalue weighted by Crippen LogP contribution is 2.03. The van der Waals surface area contributed by atoms with Crippen molar-refractivity contribution in [2.45, 2.75) is 25.9 Å². The first-order valence-corrected chi connectivity index (χ1v) is 4.00. The highest BCUT2D eigenvalue weighted by Gasteiger charge is 2.03. The van der Waals surface area contributed by atoms with Gasteiger partial charge in [-0.05, 0) is 13.3 Å². The molecule has 0 aromatic carbocycles. The van der Waals surface area contributed by atoms with Crippen LogP contribution in [0.1, 0.15) is 25.1 Å². The average molecular weight is 170 g/mol. The first-order valence-electron chi connectivity index (χ1n) is 4.00. The fourth-order valence-electron chi connectivity index (χ4n) is 0.864. The number of aryl methyl sites for hydroxylation is 1. The van der Waals surface area contributed by atoms with Gasteiger partial charge in [-0.25, -0.2) is 0 Å². The molecule has 1 rings (SSSR count). The van der Waals surface area contributed by atoms with E-state index >= 15 is 0 Å². The summed E-state index contributed by atoms with van der Waals surface area (Å²) in [4.78, 5) is 0. The van der Waals surface area contributed by atoms with E-state index in [1.165, 1.54) is 0 Å². The van der Waals surface area contributed by atoms with Crippen molar-refractivity contribution >= 4 is 0 Å². The molecule has 0 fully saturated rings. The number of hydrogen-bond donors (Lipinski definition) is 2. The molecule has 68 valence electrons. The minimum atomic E-state index is -0.0760. The van der Waals surface area contributed by atoms with Crippen LogP contribution >= 0.6 is 0 Å². The summed E-state index contributed by atoms with van der Waals surface area (Å²) in [5.41, 5.74) is 6.38. The van der Waals surface area contributed by atoms with Crippen LogP contribution in [0.2, 0.25) is 0 Å². The molecule has 0 aliphatic heterocycles. The van der Waals surface area contributed by atoms with Gasteiger partial charge in [-0.2, -0.15) is 0 Å². The number of aliphatic hydroxyl groups is 1. The van der Waals surface area contributed by atoms with Crippen molar-refractivity contribution < 1.29 is 5.11 Å². The van der Waals surface area contributed by atoms with Crippen LogP contribution < -0.4 is 5.73 Å². The summed E-state index contributed by atoms with van der Waals surface area (Å²) < 4.78 is 1.69. The van der Waals surface area contributed by atoms with Gasteiger partial charge in [-0.1, -0.05) is 5.21 Å². The Kier molecular flexibility index (Phi) is 3.19. The Bertz CT molecular complexity index is 233. The number of nitrogens with zero attached hydrogens (tertiary/aromatic N) is 3. The van der Waals surface area contributed by atoms with Gasteiger partial charge in [0.2, 0.25) is 0 Å². The molecule has 1 heterocycles. The lowest BCUT2D eigenvalue weighted by molar-refractivity contribution is 0.276. The molecule has 0 saturated carbocycles. The summed E-state index contributed by atoms with van der Waals surface area (Å²) in [6, 6.07) is -0.0760. The van der Waals surface area contributed by atoms with Gasteiger partial charge in [0.15, 0.2) is 0 Å². The summed E-state index contributed by atoms with van der Waals surface area (Å²) in [6.45, 7) is 2.73. The van der Waals surface area contributed by atoms with Gasteiger partial charge in [0.25, 0.3) is 0 Å². The molecule has 1 aromatic heterocycles. The summed E-state index contributed by atoms with van der Waals surface area (Å²) in [6.07, 6.45) is 2.50. The van der Waals surface area contributed by atoms with Crippen LogP contribution in [0.3, 0.4) is 0 Å². The third-order valence-corrected chi connectivity index (χ3v) is 1.57. The topological polar surface area (TPSA) is 77.0 Å². The number of aliphatic hydroxyl groups excluding tert-OH is 1. The van der Waals surface area contributed by atoms with E-state index in [1.54, 1.807) is 10.9 Å². The van der Waals surface area contributed by atoms with Gasteiger partial charge in [-0.15, -0.1) is 5.10 Å². The molecule has 12 heavy (non-hydrogen) atoms. The largest absolute Gasteiger partial charge is 0.396 e. The SMILES string of the molecule is CC(N)c1cn(CCCO)nn1. The van der Waals surface area contributed by atoms with Crippen LogP contribution in [0, 0.1) is 0 Å². The average Bonchev–Trinajstić information content (AvgIpc) is 2.48. The Labute approximate surface area is 71.2 Å². The van der Waals surface area contributed by atoms with E-state index < -0.39 is 0 Å². The second kappa shape index (κ2) is 4.18.